The summed E-state index contributed by atoms with van der Waals surface area (Å²) in [4.78, 5) is 32.2. The van der Waals surface area contributed by atoms with Crippen LogP contribution in [0.3, 0.4) is 0 Å². The number of carboxylic acid groups (broad SMARTS) is 1. The normalized spacial score (nSPS) is 23.3. The molecule has 2 atom stereocenters. The number of likely N-dealkylation sites (tertiary alicyclic amines) is 1. The largest absolute Gasteiger partial charge is 0.481 e. The molecular formula is C21H28N6O3. The maximum absolute atomic E-state index is 12.6. The average molecular weight is 412 g/mol. The first-order valence-corrected chi connectivity index (χ1v) is 10.4. The quantitative estimate of drug-likeness (QED) is 0.769. The zero-order valence-corrected chi connectivity index (χ0v) is 17.7. The van der Waals surface area contributed by atoms with Crippen molar-refractivity contribution in [1.82, 2.24) is 24.6 Å². The summed E-state index contributed by atoms with van der Waals surface area (Å²) in [5, 5.41) is 18.0. The second kappa shape index (κ2) is 7.70. The molecule has 9 nitrogen and oxygen atoms in total. The smallest absolute Gasteiger partial charge is 0.303 e. The van der Waals surface area contributed by atoms with Crippen LogP contribution in [-0.4, -0.2) is 67.8 Å². The molecule has 1 N–H and O–H groups in total. The van der Waals surface area contributed by atoms with Gasteiger partial charge in [0.2, 0.25) is 5.91 Å². The summed E-state index contributed by atoms with van der Waals surface area (Å²) >= 11 is 0. The zero-order valence-electron chi connectivity index (χ0n) is 17.7. The third-order valence-corrected chi connectivity index (χ3v) is 6.43. The number of aromatic nitrogens is 4. The Labute approximate surface area is 175 Å². The zero-order chi connectivity index (χ0) is 21.5. The highest BCUT2D eigenvalue weighted by atomic mass is 16.4. The minimum Gasteiger partial charge on any atom is -0.481 e. The molecule has 0 unspecified atom stereocenters. The van der Waals surface area contributed by atoms with Crippen LogP contribution in [0, 0.1) is 17.3 Å². The number of carboxylic acids is 1. The summed E-state index contributed by atoms with van der Waals surface area (Å²) in [7, 11) is 1.91. The highest BCUT2D eigenvalue weighted by Gasteiger charge is 2.53. The Kier molecular flexibility index (Phi) is 5.21. The number of hydrogen-bond donors (Lipinski definition) is 1. The molecule has 0 radical (unpaired) electrons. The molecular weight excluding hydrogens is 384 g/mol. The number of aliphatic carboxylic acids is 1. The van der Waals surface area contributed by atoms with E-state index in [1.165, 1.54) is 0 Å². The van der Waals surface area contributed by atoms with Crippen LogP contribution < -0.4 is 4.90 Å². The van der Waals surface area contributed by atoms with Crippen LogP contribution in [0.4, 0.5) is 5.82 Å². The lowest BCUT2D eigenvalue weighted by molar-refractivity contribution is -0.137. The molecule has 2 fully saturated rings. The van der Waals surface area contributed by atoms with Crippen LogP contribution >= 0.6 is 0 Å². The molecule has 0 aliphatic carbocycles. The van der Waals surface area contributed by atoms with Crippen molar-refractivity contribution in [3.8, 4) is 11.5 Å². The Morgan fingerprint density at radius 3 is 2.63 bits per heavy atom. The molecule has 2 aliphatic rings. The van der Waals surface area contributed by atoms with E-state index in [1.54, 1.807) is 6.20 Å². The molecule has 4 rings (SSSR count). The topological polar surface area (TPSA) is 104 Å². The fraction of sp³-hybridized carbons (Fsp3) is 0.571. The predicted molar refractivity (Wildman–Crippen MR) is 111 cm³/mol. The van der Waals surface area contributed by atoms with E-state index in [9.17, 15) is 14.7 Å². The molecule has 0 bridgehead atoms. The molecule has 160 valence electrons. The fourth-order valence-electron chi connectivity index (χ4n) is 4.83. The number of imidazole rings is 1. The number of carbonyl (C=O) groups excluding carboxylic acids is 1. The number of amides is 1. The van der Waals surface area contributed by atoms with Crippen LogP contribution in [0.5, 0.6) is 0 Å². The molecule has 9 heteroatoms. The Morgan fingerprint density at radius 2 is 2.03 bits per heavy atom. The lowest BCUT2D eigenvalue weighted by Crippen LogP contribution is -2.39. The van der Waals surface area contributed by atoms with Gasteiger partial charge in [-0.15, -0.1) is 10.2 Å². The molecule has 4 heterocycles. The van der Waals surface area contributed by atoms with Gasteiger partial charge in [0.1, 0.15) is 5.69 Å². The van der Waals surface area contributed by atoms with Gasteiger partial charge in [0.25, 0.3) is 0 Å². The third kappa shape index (κ3) is 3.64. The summed E-state index contributed by atoms with van der Waals surface area (Å²) in [5.74, 6) is 1.06. The van der Waals surface area contributed by atoms with Crippen LogP contribution in [0.2, 0.25) is 0 Å². The average Bonchev–Trinajstić information content (AvgIpc) is 3.38. The predicted octanol–water partition coefficient (Wildman–Crippen LogP) is 1.66. The van der Waals surface area contributed by atoms with Gasteiger partial charge >= 0.3 is 5.97 Å². The number of fused-ring (bicyclic) bond motifs is 1. The maximum atomic E-state index is 12.6. The minimum atomic E-state index is -0.797. The summed E-state index contributed by atoms with van der Waals surface area (Å²) in [5.41, 5.74) is 0.489. The van der Waals surface area contributed by atoms with Crippen molar-refractivity contribution in [3.05, 3.63) is 24.5 Å². The minimum absolute atomic E-state index is 0.0546. The van der Waals surface area contributed by atoms with Gasteiger partial charge in [-0.05, 0) is 18.6 Å². The molecule has 2 aromatic heterocycles. The monoisotopic (exact) mass is 412 g/mol. The van der Waals surface area contributed by atoms with Crippen LogP contribution in [0.25, 0.3) is 11.5 Å². The highest BCUT2D eigenvalue weighted by Crippen LogP contribution is 2.47. The summed E-state index contributed by atoms with van der Waals surface area (Å²) < 4.78 is 1.89. The van der Waals surface area contributed by atoms with Crippen molar-refractivity contribution >= 4 is 17.7 Å². The van der Waals surface area contributed by atoms with Gasteiger partial charge < -0.3 is 19.5 Å². The van der Waals surface area contributed by atoms with Crippen molar-refractivity contribution in [2.24, 2.45) is 24.3 Å². The third-order valence-electron chi connectivity index (χ3n) is 6.43. The Morgan fingerprint density at radius 1 is 1.23 bits per heavy atom. The van der Waals surface area contributed by atoms with Gasteiger partial charge in [0.05, 0.1) is 0 Å². The summed E-state index contributed by atoms with van der Waals surface area (Å²) in [6.45, 7) is 6.53. The van der Waals surface area contributed by atoms with E-state index in [2.05, 4.69) is 20.1 Å². The second-order valence-corrected chi connectivity index (χ2v) is 8.85. The first-order valence-electron chi connectivity index (χ1n) is 10.4. The van der Waals surface area contributed by atoms with Crippen LogP contribution in [-0.2, 0) is 16.6 Å². The molecule has 2 aliphatic heterocycles. The fourth-order valence-corrected chi connectivity index (χ4v) is 4.83. The Bertz CT molecular complexity index is 940. The van der Waals surface area contributed by atoms with Crippen LogP contribution in [0.15, 0.2) is 24.5 Å². The van der Waals surface area contributed by atoms with Gasteiger partial charge in [-0.3, -0.25) is 9.59 Å². The van der Waals surface area contributed by atoms with Gasteiger partial charge in [-0.1, -0.05) is 13.8 Å². The number of anilines is 1. The van der Waals surface area contributed by atoms with E-state index in [0.717, 1.165) is 18.2 Å². The van der Waals surface area contributed by atoms with E-state index in [0.29, 0.717) is 31.7 Å². The SMILES string of the molecule is CC(C)C(=O)N1C[C@@H]2CN(c3ccc(-c4nccn4C)nn3)C[C@]2(CCC(=O)O)C1. The molecule has 0 saturated carbocycles. The van der Waals surface area contributed by atoms with Gasteiger partial charge in [0.15, 0.2) is 11.6 Å². The summed E-state index contributed by atoms with van der Waals surface area (Å²) in [6, 6.07) is 3.86. The Hall–Kier alpha value is -2.97. The lowest BCUT2D eigenvalue weighted by Gasteiger charge is -2.29. The van der Waals surface area contributed by atoms with Crippen molar-refractivity contribution < 1.29 is 14.7 Å². The number of nitrogens with zero attached hydrogens (tertiary/aromatic N) is 6. The Balaban J connectivity index is 1.53. The van der Waals surface area contributed by atoms with Crippen molar-refractivity contribution in [2.75, 3.05) is 31.1 Å². The molecule has 30 heavy (non-hydrogen) atoms. The van der Waals surface area contributed by atoms with Crippen molar-refractivity contribution in [1.29, 1.82) is 0 Å². The maximum Gasteiger partial charge on any atom is 0.303 e. The molecule has 1 amide bonds. The first kappa shape index (κ1) is 20.3. The van der Waals surface area contributed by atoms with Crippen molar-refractivity contribution in [2.45, 2.75) is 26.7 Å². The summed E-state index contributed by atoms with van der Waals surface area (Å²) in [6.07, 6.45) is 4.26. The van der Waals surface area contributed by atoms with Gasteiger partial charge in [0, 0.05) is 69.3 Å². The van der Waals surface area contributed by atoms with Gasteiger partial charge in [-0.2, -0.15) is 0 Å². The standard InChI is InChI=1S/C21H28N6O3/c1-14(2)20(30)27-11-15-10-26(12-21(15,13-27)7-6-18(28)29)17-5-4-16(23-24-17)19-22-8-9-25(19)3/h4-5,8-9,14-15H,6-7,10-13H2,1-3H3,(H,28,29)/t15-,21+/m0/s1. The van der Waals surface area contributed by atoms with E-state index < -0.39 is 5.97 Å². The molecule has 0 spiro atoms. The number of rotatable bonds is 6. The number of hydrogen-bond acceptors (Lipinski definition) is 6. The molecule has 0 aromatic carbocycles. The number of aryl methyl sites for hydroxylation is 1. The lowest BCUT2D eigenvalue weighted by atomic mass is 9.77. The van der Waals surface area contributed by atoms with E-state index in [-0.39, 0.29) is 29.6 Å². The second-order valence-electron chi connectivity index (χ2n) is 8.85. The van der Waals surface area contributed by atoms with E-state index in [4.69, 9.17) is 0 Å². The molecule has 2 aromatic rings. The van der Waals surface area contributed by atoms with E-state index in [1.807, 2.05) is 48.7 Å². The van der Waals surface area contributed by atoms with Crippen LogP contribution in [0.1, 0.15) is 26.7 Å². The molecule has 2 saturated heterocycles. The number of carbonyl (C=O) groups is 2. The van der Waals surface area contributed by atoms with E-state index >= 15 is 0 Å². The van der Waals surface area contributed by atoms with Crippen molar-refractivity contribution in [3.63, 3.8) is 0 Å². The van der Waals surface area contributed by atoms with Gasteiger partial charge in [-0.25, -0.2) is 4.98 Å². The highest BCUT2D eigenvalue weighted by molar-refractivity contribution is 5.78. The first-order chi connectivity index (χ1) is 14.3.